The van der Waals surface area contributed by atoms with E-state index in [4.69, 9.17) is 4.74 Å². The Hall–Kier alpha value is -0.820. The lowest BCUT2D eigenvalue weighted by molar-refractivity contribution is 0.146. The molecule has 0 heterocycles. The molecule has 0 aliphatic rings. The number of ether oxygens (including phenoxy) is 1. The first-order chi connectivity index (χ1) is 6.06. The van der Waals surface area contributed by atoms with E-state index in [-0.39, 0.29) is 5.41 Å². The van der Waals surface area contributed by atoms with E-state index in [0.29, 0.717) is 0 Å². The maximum Gasteiger partial charge on any atom is 0.0553 e. The lowest BCUT2D eigenvalue weighted by Crippen LogP contribution is -2.23. The molecule has 0 aliphatic carbocycles. The van der Waals surface area contributed by atoms with Gasteiger partial charge < -0.3 is 4.74 Å². The average Bonchev–Trinajstić information content (AvgIpc) is 2.05. The fourth-order valence-corrected chi connectivity index (χ4v) is 1.45. The molecule has 0 N–H and O–H groups in total. The summed E-state index contributed by atoms with van der Waals surface area (Å²) in [6.07, 6.45) is 0. The zero-order chi connectivity index (χ0) is 9.90. The highest BCUT2D eigenvalue weighted by Gasteiger charge is 2.19. The minimum Gasteiger partial charge on any atom is -0.384 e. The Labute approximate surface area is 80.7 Å². The van der Waals surface area contributed by atoms with Crippen LogP contribution in [0.3, 0.4) is 0 Å². The van der Waals surface area contributed by atoms with Gasteiger partial charge in [-0.15, -0.1) is 0 Å². The van der Waals surface area contributed by atoms with Crippen LogP contribution in [0.4, 0.5) is 0 Å². The van der Waals surface area contributed by atoms with Crippen molar-refractivity contribution in [2.24, 2.45) is 0 Å². The topological polar surface area (TPSA) is 9.23 Å². The molecule has 0 fully saturated rings. The molecule has 0 aliphatic heterocycles. The minimum absolute atomic E-state index is 0.114. The second kappa shape index (κ2) is 3.93. The van der Waals surface area contributed by atoms with Crippen LogP contribution in [-0.4, -0.2) is 13.7 Å². The Kier molecular flexibility index (Phi) is 3.10. The van der Waals surface area contributed by atoms with Crippen molar-refractivity contribution in [3.05, 3.63) is 35.4 Å². The third kappa shape index (κ3) is 2.56. The average molecular weight is 178 g/mol. The van der Waals surface area contributed by atoms with Crippen molar-refractivity contribution in [1.82, 2.24) is 0 Å². The number of hydrogen-bond donors (Lipinski definition) is 0. The van der Waals surface area contributed by atoms with Crippen LogP contribution >= 0.6 is 0 Å². The maximum absolute atomic E-state index is 5.19. The van der Waals surface area contributed by atoms with Crippen molar-refractivity contribution in [3.63, 3.8) is 0 Å². The third-order valence-electron chi connectivity index (χ3n) is 2.34. The van der Waals surface area contributed by atoms with Gasteiger partial charge in [0.2, 0.25) is 0 Å². The molecule has 0 aromatic heterocycles. The summed E-state index contributed by atoms with van der Waals surface area (Å²) in [6, 6.07) is 8.64. The fraction of sp³-hybridized carbons (Fsp3) is 0.500. The van der Waals surface area contributed by atoms with Crippen LogP contribution in [0, 0.1) is 6.92 Å². The van der Waals surface area contributed by atoms with Gasteiger partial charge in [0.05, 0.1) is 6.61 Å². The minimum atomic E-state index is 0.114. The van der Waals surface area contributed by atoms with Gasteiger partial charge in [0.25, 0.3) is 0 Å². The van der Waals surface area contributed by atoms with E-state index < -0.39 is 0 Å². The van der Waals surface area contributed by atoms with E-state index in [1.54, 1.807) is 7.11 Å². The quantitative estimate of drug-likeness (QED) is 0.691. The largest absolute Gasteiger partial charge is 0.384 e. The van der Waals surface area contributed by atoms with Crippen LogP contribution < -0.4 is 0 Å². The highest BCUT2D eigenvalue weighted by atomic mass is 16.5. The predicted octanol–water partition coefficient (Wildman–Crippen LogP) is 2.92. The normalized spacial score (nSPS) is 11.7. The zero-order valence-electron chi connectivity index (χ0n) is 8.92. The Bertz CT molecular complexity index is 259. The Balaban J connectivity index is 2.87. The molecule has 0 unspecified atom stereocenters. The summed E-state index contributed by atoms with van der Waals surface area (Å²) in [7, 11) is 1.75. The lowest BCUT2D eigenvalue weighted by atomic mass is 9.85. The smallest absolute Gasteiger partial charge is 0.0553 e. The molecular formula is C12H18O. The van der Waals surface area contributed by atoms with Crippen molar-refractivity contribution in [2.75, 3.05) is 13.7 Å². The zero-order valence-corrected chi connectivity index (χ0v) is 8.92. The molecule has 1 rings (SSSR count). The molecule has 1 nitrogen and oxygen atoms in total. The van der Waals surface area contributed by atoms with Gasteiger partial charge >= 0.3 is 0 Å². The van der Waals surface area contributed by atoms with Crippen LogP contribution in [0.2, 0.25) is 0 Å². The molecule has 0 atom stereocenters. The first kappa shape index (κ1) is 10.3. The van der Waals surface area contributed by atoms with Gasteiger partial charge in [0, 0.05) is 12.5 Å². The number of hydrogen-bond acceptors (Lipinski definition) is 1. The van der Waals surface area contributed by atoms with Crippen LogP contribution in [0.15, 0.2) is 24.3 Å². The molecule has 1 heteroatoms. The SMILES string of the molecule is COCC(C)(C)c1ccc(C)cc1. The molecule has 13 heavy (non-hydrogen) atoms. The van der Waals surface area contributed by atoms with E-state index >= 15 is 0 Å². The molecule has 1 aromatic carbocycles. The fourth-order valence-electron chi connectivity index (χ4n) is 1.45. The number of methoxy groups -OCH3 is 1. The van der Waals surface area contributed by atoms with Crippen molar-refractivity contribution >= 4 is 0 Å². The van der Waals surface area contributed by atoms with Gasteiger partial charge in [0.15, 0.2) is 0 Å². The molecule has 0 amide bonds. The molecule has 0 spiro atoms. The van der Waals surface area contributed by atoms with Crippen LogP contribution in [0.1, 0.15) is 25.0 Å². The van der Waals surface area contributed by atoms with Crippen molar-refractivity contribution in [1.29, 1.82) is 0 Å². The van der Waals surface area contributed by atoms with Gasteiger partial charge in [-0.25, -0.2) is 0 Å². The summed E-state index contributed by atoms with van der Waals surface area (Å²) in [5, 5.41) is 0. The highest BCUT2D eigenvalue weighted by molar-refractivity contribution is 5.27. The summed E-state index contributed by atoms with van der Waals surface area (Å²) >= 11 is 0. The van der Waals surface area contributed by atoms with E-state index in [0.717, 1.165) is 6.61 Å². The Morgan fingerprint density at radius 2 is 1.69 bits per heavy atom. The van der Waals surface area contributed by atoms with Crippen LogP contribution in [0.25, 0.3) is 0 Å². The van der Waals surface area contributed by atoms with Gasteiger partial charge in [-0.05, 0) is 12.5 Å². The summed E-state index contributed by atoms with van der Waals surface area (Å²) in [5.74, 6) is 0. The van der Waals surface area contributed by atoms with E-state index in [9.17, 15) is 0 Å². The maximum atomic E-state index is 5.19. The summed E-state index contributed by atoms with van der Waals surface area (Å²) < 4.78 is 5.19. The summed E-state index contributed by atoms with van der Waals surface area (Å²) in [4.78, 5) is 0. The van der Waals surface area contributed by atoms with Crippen molar-refractivity contribution < 1.29 is 4.74 Å². The molecule has 0 bridgehead atoms. The lowest BCUT2D eigenvalue weighted by Gasteiger charge is -2.24. The van der Waals surface area contributed by atoms with Gasteiger partial charge in [-0.1, -0.05) is 43.7 Å². The third-order valence-corrected chi connectivity index (χ3v) is 2.34. The van der Waals surface area contributed by atoms with Gasteiger partial charge in [0.1, 0.15) is 0 Å². The van der Waals surface area contributed by atoms with Gasteiger partial charge in [-0.3, -0.25) is 0 Å². The standard InChI is InChI=1S/C12H18O/c1-10-5-7-11(8-6-10)12(2,3)9-13-4/h5-8H,9H2,1-4H3. The second-order valence-electron chi connectivity index (χ2n) is 4.18. The highest BCUT2D eigenvalue weighted by Crippen LogP contribution is 2.23. The Morgan fingerprint density at radius 3 is 2.15 bits per heavy atom. The molecule has 0 radical (unpaired) electrons. The van der Waals surface area contributed by atoms with Crippen LogP contribution in [-0.2, 0) is 10.2 Å². The summed E-state index contributed by atoms with van der Waals surface area (Å²) in [6.45, 7) is 7.26. The van der Waals surface area contributed by atoms with E-state index in [2.05, 4.69) is 45.0 Å². The van der Waals surface area contributed by atoms with E-state index in [1.165, 1.54) is 11.1 Å². The van der Waals surface area contributed by atoms with Crippen molar-refractivity contribution in [2.45, 2.75) is 26.2 Å². The molecule has 1 aromatic rings. The Morgan fingerprint density at radius 1 is 1.15 bits per heavy atom. The van der Waals surface area contributed by atoms with Crippen LogP contribution in [0.5, 0.6) is 0 Å². The predicted molar refractivity (Wildman–Crippen MR) is 56.1 cm³/mol. The summed E-state index contributed by atoms with van der Waals surface area (Å²) in [5.41, 5.74) is 2.75. The molecule has 0 saturated carbocycles. The first-order valence-corrected chi connectivity index (χ1v) is 4.62. The first-order valence-electron chi connectivity index (χ1n) is 4.62. The van der Waals surface area contributed by atoms with Crippen molar-refractivity contribution in [3.8, 4) is 0 Å². The number of aryl methyl sites for hydroxylation is 1. The second-order valence-corrected chi connectivity index (χ2v) is 4.18. The molecular weight excluding hydrogens is 160 g/mol. The monoisotopic (exact) mass is 178 g/mol. The van der Waals surface area contributed by atoms with E-state index in [1.807, 2.05) is 0 Å². The number of rotatable bonds is 3. The molecule has 0 saturated heterocycles. The molecule has 72 valence electrons. The number of benzene rings is 1. The van der Waals surface area contributed by atoms with Gasteiger partial charge in [-0.2, -0.15) is 0 Å².